The molecule has 0 radical (unpaired) electrons. The van der Waals surface area contributed by atoms with Gasteiger partial charge in [-0.25, -0.2) is 0 Å². The van der Waals surface area contributed by atoms with Crippen molar-refractivity contribution in [2.24, 2.45) is 12.8 Å². The summed E-state index contributed by atoms with van der Waals surface area (Å²) in [6, 6.07) is 6.31. The maximum absolute atomic E-state index is 5.80. The van der Waals surface area contributed by atoms with Crippen molar-refractivity contribution in [3.63, 3.8) is 0 Å². The Bertz CT molecular complexity index is 573. The van der Waals surface area contributed by atoms with Crippen molar-refractivity contribution in [2.75, 3.05) is 7.11 Å². The van der Waals surface area contributed by atoms with Crippen LogP contribution in [-0.2, 0) is 13.6 Å². The minimum absolute atomic E-state index is 0.459. The third-order valence-corrected chi connectivity index (χ3v) is 3.44. The average Bonchev–Trinajstić information content (AvgIpc) is 2.78. The lowest BCUT2D eigenvalue weighted by atomic mass is 9.98. The van der Waals surface area contributed by atoms with Gasteiger partial charge < -0.3 is 10.5 Å². The second-order valence-electron chi connectivity index (χ2n) is 4.95. The SMILES string of the molecule is COc1cc(C(C)C)ccc1-c1cnn(C)c1CN. The molecule has 2 N–H and O–H groups in total. The van der Waals surface area contributed by atoms with E-state index in [-0.39, 0.29) is 0 Å². The average molecular weight is 259 g/mol. The molecule has 0 fully saturated rings. The summed E-state index contributed by atoms with van der Waals surface area (Å²) in [5, 5.41) is 4.28. The molecule has 0 bridgehead atoms. The van der Waals surface area contributed by atoms with E-state index in [0.717, 1.165) is 22.6 Å². The highest BCUT2D eigenvalue weighted by Crippen LogP contribution is 2.34. The number of hydrogen-bond donors (Lipinski definition) is 1. The van der Waals surface area contributed by atoms with E-state index in [1.54, 1.807) is 7.11 Å². The Hall–Kier alpha value is -1.81. The Morgan fingerprint density at radius 2 is 2.05 bits per heavy atom. The van der Waals surface area contributed by atoms with Gasteiger partial charge in [0.1, 0.15) is 5.75 Å². The van der Waals surface area contributed by atoms with Crippen LogP contribution in [-0.4, -0.2) is 16.9 Å². The second kappa shape index (κ2) is 5.45. The van der Waals surface area contributed by atoms with Crippen LogP contribution in [0.5, 0.6) is 5.75 Å². The Morgan fingerprint density at radius 1 is 1.32 bits per heavy atom. The van der Waals surface area contributed by atoms with Crippen molar-refractivity contribution in [2.45, 2.75) is 26.3 Å². The molecular weight excluding hydrogens is 238 g/mol. The van der Waals surface area contributed by atoms with Crippen LogP contribution in [0.3, 0.4) is 0 Å². The van der Waals surface area contributed by atoms with Crippen molar-refractivity contribution < 1.29 is 4.74 Å². The first kappa shape index (κ1) is 13.6. The lowest BCUT2D eigenvalue weighted by Crippen LogP contribution is -2.05. The molecule has 102 valence electrons. The van der Waals surface area contributed by atoms with Gasteiger partial charge in [0, 0.05) is 24.7 Å². The molecule has 0 saturated heterocycles. The summed E-state index contributed by atoms with van der Waals surface area (Å²) in [7, 11) is 3.60. The van der Waals surface area contributed by atoms with E-state index in [0.29, 0.717) is 12.5 Å². The molecular formula is C15H21N3O. The summed E-state index contributed by atoms with van der Waals surface area (Å²) in [4.78, 5) is 0. The van der Waals surface area contributed by atoms with E-state index < -0.39 is 0 Å². The van der Waals surface area contributed by atoms with E-state index in [1.807, 2.05) is 17.9 Å². The molecule has 0 atom stereocenters. The standard InChI is InChI=1S/C15H21N3O/c1-10(2)11-5-6-12(15(7-11)19-4)13-9-17-18(3)14(13)8-16/h5-7,9-10H,8,16H2,1-4H3. The normalized spacial score (nSPS) is 11.1. The molecule has 4 nitrogen and oxygen atoms in total. The van der Waals surface area contributed by atoms with Gasteiger partial charge in [-0.3, -0.25) is 4.68 Å². The lowest BCUT2D eigenvalue weighted by Gasteiger charge is -2.13. The third kappa shape index (κ3) is 2.49. The van der Waals surface area contributed by atoms with Gasteiger partial charge in [-0.1, -0.05) is 26.0 Å². The van der Waals surface area contributed by atoms with Crippen LogP contribution < -0.4 is 10.5 Å². The highest BCUT2D eigenvalue weighted by atomic mass is 16.5. The molecule has 2 aromatic rings. The molecule has 0 unspecified atom stereocenters. The third-order valence-electron chi connectivity index (χ3n) is 3.44. The van der Waals surface area contributed by atoms with Crippen LogP contribution in [0.15, 0.2) is 24.4 Å². The lowest BCUT2D eigenvalue weighted by molar-refractivity contribution is 0.415. The van der Waals surface area contributed by atoms with E-state index in [1.165, 1.54) is 5.56 Å². The molecule has 0 spiro atoms. The van der Waals surface area contributed by atoms with Crippen molar-refractivity contribution in [1.29, 1.82) is 0 Å². The first-order valence-electron chi connectivity index (χ1n) is 6.47. The number of methoxy groups -OCH3 is 1. The second-order valence-corrected chi connectivity index (χ2v) is 4.95. The molecule has 0 aliphatic heterocycles. The van der Waals surface area contributed by atoms with Gasteiger partial charge in [-0.05, 0) is 17.5 Å². The molecule has 1 aromatic heterocycles. The van der Waals surface area contributed by atoms with Crippen LogP contribution in [0.25, 0.3) is 11.1 Å². The molecule has 1 heterocycles. The summed E-state index contributed by atoms with van der Waals surface area (Å²) in [6.45, 7) is 4.80. The summed E-state index contributed by atoms with van der Waals surface area (Å²) >= 11 is 0. The Morgan fingerprint density at radius 3 is 2.63 bits per heavy atom. The van der Waals surface area contributed by atoms with Crippen molar-refractivity contribution >= 4 is 0 Å². The molecule has 4 heteroatoms. The summed E-state index contributed by atoms with van der Waals surface area (Å²) < 4.78 is 7.33. The van der Waals surface area contributed by atoms with Gasteiger partial charge in [0.2, 0.25) is 0 Å². The highest BCUT2D eigenvalue weighted by Gasteiger charge is 2.14. The summed E-state index contributed by atoms with van der Waals surface area (Å²) in [5.41, 5.74) is 10.2. The summed E-state index contributed by atoms with van der Waals surface area (Å²) in [6.07, 6.45) is 1.84. The topological polar surface area (TPSA) is 53.1 Å². The molecule has 1 aromatic carbocycles. The van der Waals surface area contributed by atoms with Gasteiger partial charge >= 0.3 is 0 Å². The zero-order valence-electron chi connectivity index (χ0n) is 12.0. The number of benzene rings is 1. The maximum Gasteiger partial charge on any atom is 0.127 e. The van der Waals surface area contributed by atoms with Crippen LogP contribution in [0.1, 0.15) is 31.0 Å². The van der Waals surface area contributed by atoms with Gasteiger partial charge in [-0.15, -0.1) is 0 Å². The molecule has 0 saturated carbocycles. The molecule has 2 rings (SSSR count). The van der Waals surface area contributed by atoms with Gasteiger partial charge in [0.25, 0.3) is 0 Å². The minimum atomic E-state index is 0.459. The number of aryl methyl sites for hydroxylation is 1. The van der Waals surface area contributed by atoms with Crippen LogP contribution in [0, 0.1) is 0 Å². The number of nitrogens with zero attached hydrogens (tertiary/aromatic N) is 2. The van der Waals surface area contributed by atoms with Crippen LogP contribution >= 0.6 is 0 Å². The van der Waals surface area contributed by atoms with Crippen LogP contribution in [0.4, 0.5) is 0 Å². The maximum atomic E-state index is 5.80. The minimum Gasteiger partial charge on any atom is -0.496 e. The van der Waals surface area contributed by atoms with Crippen molar-refractivity contribution in [3.05, 3.63) is 35.7 Å². The first-order chi connectivity index (χ1) is 9.08. The van der Waals surface area contributed by atoms with Gasteiger partial charge in [-0.2, -0.15) is 5.10 Å². The zero-order chi connectivity index (χ0) is 14.0. The van der Waals surface area contributed by atoms with Crippen molar-refractivity contribution in [1.82, 2.24) is 9.78 Å². The molecule has 0 aliphatic carbocycles. The fourth-order valence-electron chi connectivity index (χ4n) is 2.22. The molecule has 19 heavy (non-hydrogen) atoms. The first-order valence-corrected chi connectivity index (χ1v) is 6.47. The van der Waals surface area contributed by atoms with E-state index in [2.05, 4.69) is 37.1 Å². The quantitative estimate of drug-likeness (QED) is 0.918. The zero-order valence-corrected chi connectivity index (χ0v) is 12.0. The number of nitrogens with two attached hydrogens (primary N) is 1. The number of hydrogen-bond acceptors (Lipinski definition) is 3. The van der Waals surface area contributed by atoms with Gasteiger partial charge in [0.05, 0.1) is 19.0 Å². The smallest absolute Gasteiger partial charge is 0.127 e. The largest absolute Gasteiger partial charge is 0.496 e. The number of ether oxygens (including phenoxy) is 1. The van der Waals surface area contributed by atoms with E-state index in [9.17, 15) is 0 Å². The fourth-order valence-corrected chi connectivity index (χ4v) is 2.22. The van der Waals surface area contributed by atoms with E-state index >= 15 is 0 Å². The number of aromatic nitrogens is 2. The van der Waals surface area contributed by atoms with Gasteiger partial charge in [0.15, 0.2) is 0 Å². The van der Waals surface area contributed by atoms with E-state index in [4.69, 9.17) is 10.5 Å². The number of rotatable bonds is 4. The van der Waals surface area contributed by atoms with Crippen LogP contribution in [0.2, 0.25) is 0 Å². The Kier molecular flexibility index (Phi) is 3.90. The monoisotopic (exact) mass is 259 g/mol. The Labute approximate surface area is 114 Å². The fraction of sp³-hybridized carbons (Fsp3) is 0.400. The predicted molar refractivity (Wildman–Crippen MR) is 77.2 cm³/mol. The molecule has 0 aliphatic rings. The Balaban J connectivity index is 2.55. The van der Waals surface area contributed by atoms with Crippen molar-refractivity contribution in [3.8, 4) is 16.9 Å². The highest BCUT2D eigenvalue weighted by molar-refractivity contribution is 5.72. The molecule has 0 amide bonds. The predicted octanol–water partition coefficient (Wildman–Crippen LogP) is 2.68. The summed E-state index contributed by atoms with van der Waals surface area (Å²) in [5.74, 6) is 1.35.